The number of rotatable bonds is 2. The molecule has 0 aliphatic carbocycles. The summed E-state index contributed by atoms with van der Waals surface area (Å²) in [7, 11) is -4.64. The van der Waals surface area contributed by atoms with Crippen LogP contribution in [0.25, 0.3) is 0 Å². The van der Waals surface area contributed by atoms with Crippen molar-refractivity contribution in [1.29, 1.82) is 0 Å². The minimum atomic E-state index is -4.64. The van der Waals surface area contributed by atoms with Gasteiger partial charge in [-0.15, -0.1) is 0 Å². The number of nitro benzene ring substituents is 1. The molecule has 0 spiro atoms. The van der Waals surface area contributed by atoms with Gasteiger partial charge in [0.1, 0.15) is 10.6 Å². The average Bonchev–Trinajstić information content (AvgIpc) is 2.08. The summed E-state index contributed by atoms with van der Waals surface area (Å²) in [5.41, 5.74) is 3.63. The van der Waals surface area contributed by atoms with E-state index in [0.29, 0.717) is 0 Å². The van der Waals surface area contributed by atoms with Crippen LogP contribution in [0.4, 0.5) is 11.4 Å². The van der Waals surface area contributed by atoms with Crippen LogP contribution in [0.5, 0.6) is 5.75 Å². The zero-order chi connectivity index (χ0) is 12.7. The molecule has 0 atom stereocenters. The standard InChI is InChI=1S/C7H8N2O6S/c1-3-2-4(9(11)12)6(10)5(8)7(3)16(13,14)15/h2,10H,8H2,1H3,(H,13,14,15). The van der Waals surface area contributed by atoms with E-state index in [9.17, 15) is 23.6 Å². The van der Waals surface area contributed by atoms with Gasteiger partial charge in [0.2, 0.25) is 5.75 Å². The predicted octanol–water partition coefficient (Wildman–Crippen LogP) is 0.438. The third kappa shape index (κ3) is 1.90. The predicted molar refractivity (Wildman–Crippen MR) is 53.7 cm³/mol. The molecule has 0 amide bonds. The first-order valence-corrected chi connectivity index (χ1v) is 5.34. The van der Waals surface area contributed by atoms with Crippen molar-refractivity contribution >= 4 is 21.5 Å². The van der Waals surface area contributed by atoms with E-state index in [1.807, 2.05) is 0 Å². The van der Waals surface area contributed by atoms with Gasteiger partial charge in [-0.05, 0) is 12.5 Å². The van der Waals surface area contributed by atoms with Gasteiger partial charge in [-0.25, -0.2) is 0 Å². The van der Waals surface area contributed by atoms with Gasteiger partial charge in [0.05, 0.1) is 4.92 Å². The molecule has 16 heavy (non-hydrogen) atoms. The molecule has 0 unspecified atom stereocenters. The van der Waals surface area contributed by atoms with E-state index < -0.39 is 37.1 Å². The summed E-state index contributed by atoms with van der Waals surface area (Å²) in [6, 6.07) is 0.814. The minimum Gasteiger partial charge on any atom is -0.501 e. The number of nitrogen functional groups attached to an aromatic ring is 1. The zero-order valence-corrected chi connectivity index (χ0v) is 8.85. The highest BCUT2D eigenvalue weighted by molar-refractivity contribution is 7.86. The Labute approximate surface area is 90.2 Å². The molecule has 8 nitrogen and oxygen atoms in total. The fraction of sp³-hybridized carbons (Fsp3) is 0.143. The number of hydrogen-bond donors (Lipinski definition) is 3. The van der Waals surface area contributed by atoms with Crippen molar-refractivity contribution < 1.29 is 23.0 Å². The second kappa shape index (κ2) is 3.61. The van der Waals surface area contributed by atoms with Crippen molar-refractivity contribution in [1.82, 2.24) is 0 Å². The lowest BCUT2D eigenvalue weighted by atomic mass is 10.2. The molecule has 0 aromatic heterocycles. The Morgan fingerprint density at radius 3 is 2.38 bits per heavy atom. The molecule has 0 fully saturated rings. The molecule has 9 heteroatoms. The highest BCUT2D eigenvalue weighted by atomic mass is 32.2. The first-order chi connectivity index (χ1) is 7.16. The number of hydrogen-bond acceptors (Lipinski definition) is 6. The Morgan fingerprint density at radius 2 is 2.00 bits per heavy atom. The molecule has 1 rings (SSSR count). The smallest absolute Gasteiger partial charge is 0.313 e. The largest absolute Gasteiger partial charge is 0.501 e. The van der Waals surface area contributed by atoms with Crippen LogP contribution in [0, 0.1) is 17.0 Å². The van der Waals surface area contributed by atoms with Gasteiger partial charge in [-0.2, -0.15) is 8.42 Å². The molecular formula is C7H8N2O6S. The summed E-state index contributed by atoms with van der Waals surface area (Å²) in [5, 5.41) is 19.8. The molecule has 0 heterocycles. The van der Waals surface area contributed by atoms with Gasteiger partial charge in [0, 0.05) is 6.07 Å². The molecule has 88 valence electrons. The Bertz CT molecular complexity index is 565. The molecule has 0 aliphatic heterocycles. The number of aryl methyl sites for hydroxylation is 1. The van der Waals surface area contributed by atoms with Crippen LogP contribution in [-0.2, 0) is 10.1 Å². The number of benzene rings is 1. The van der Waals surface area contributed by atoms with E-state index in [1.165, 1.54) is 6.92 Å². The van der Waals surface area contributed by atoms with Crippen LogP contribution in [0.3, 0.4) is 0 Å². The van der Waals surface area contributed by atoms with Gasteiger partial charge in [-0.3, -0.25) is 14.7 Å². The fourth-order valence-corrected chi connectivity index (χ4v) is 2.12. The zero-order valence-electron chi connectivity index (χ0n) is 8.04. The molecule has 0 bridgehead atoms. The van der Waals surface area contributed by atoms with E-state index in [-0.39, 0.29) is 5.56 Å². The maximum Gasteiger partial charge on any atom is 0.313 e. The highest BCUT2D eigenvalue weighted by Gasteiger charge is 2.26. The molecular weight excluding hydrogens is 240 g/mol. The molecule has 0 saturated heterocycles. The van der Waals surface area contributed by atoms with Gasteiger partial charge in [0.25, 0.3) is 10.1 Å². The number of anilines is 1. The fourth-order valence-electron chi connectivity index (χ4n) is 1.28. The van der Waals surface area contributed by atoms with Crippen molar-refractivity contribution in [3.05, 3.63) is 21.7 Å². The maximum atomic E-state index is 10.9. The van der Waals surface area contributed by atoms with E-state index in [0.717, 1.165) is 6.07 Å². The Hall–Kier alpha value is -1.87. The minimum absolute atomic E-state index is 0.121. The first-order valence-electron chi connectivity index (χ1n) is 3.90. The normalized spacial score (nSPS) is 11.4. The second-order valence-corrected chi connectivity index (χ2v) is 4.39. The molecule has 0 radical (unpaired) electrons. The van der Waals surface area contributed by atoms with E-state index in [1.54, 1.807) is 0 Å². The van der Waals surface area contributed by atoms with Crippen LogP contribution >= 0.6 is 0 Å². The lowest BCUT2D eigenvalue weighted by molar-refractivity contribution is -0.385. The first kappa shape index (κ1) is 12.2. The van der Waals surface area contributed by atoms with Gasteiger partial charge in [0.15, 0.2) is 0 Å². The van der Waals surface area contributed by atoms with Crippen molar-refractivity contribution in [2.45, 2.75) is 11.8 Å². The van der Waals surface area contributed by atoms with Crippen molar-refractivity contribution in [2.24, 2.45) is 0 Å². The number of phenols is 1. The molecule has 1 aromatic rings. The van der Waals surface area contributed by atoms with Crippen LogP contribution in [0.2, 0.25) is 0 Å². The van der Waals surface area contributed by atoms with Gasteiger partial charge < -0.3 is 10.8 Å². The quantitative estimate of drug-likeness (QED) is 0.226. The van der Waals surface area contributed by atoms with Gasteiger partial charge in [-0.1, -0.05) is 0 Å². The maximum absolute atomic E-state index is 10.9. The van der Waals surface area contributed by atoms with E-state index >= 15 is 0 Å². The van der Waals surface area contributed by atoms with E-state index in [2.05, 4.69) is 0 Å². The number of nitrogens with zero attached hydrogens (tertiary/aromatic N) is 1. The molecule has 4 N–H and O–H groups in total. The molecule has 0 saturated carbocycles. The van der Waals surface area contributed by atoms with Crippen molar-refractivity contribution in [3.63, 3.8) is 0 Å². The van der Waals surface area contributed by atoms with Gasteiger partial charge >= 0.3 is 5.69 Å². The lowest BCUT2D eigenvalue weighted by Gasteiger charge is -2.08. The average molecular weight is 248 g/mol. The summed E-state index contributed by atoms with van der Waals surface area (Å²) in [6.45, 7) is 1.21. The summed E-state index contributed by atoms with van der Waals surface area (Å²) in [5.74, 6) is -0.983. The molecule has 1 aromatic carbocycles. The van der Waals surface area contributed by atoms with Crippen LogP contribution in [-0.4, -0.2) is 23.0 Å². The third-order valence-electron chi connectivity index (χ3n) is 1.91. The Kier molecular flexibility index (Phi) is 2.75. The van der Waals surface area contributed by atoms with Crippen LogP contribution in [0.1, 0.15) is 5.56 Å². The van der Waals surface area contributed by atoms with Crippen molar-refractivity contribution in [3.8, 4) is 5.75 Å². The highest BCUT2D eigenvalue weighted by Crippen LogP contribution is 2.38. The summed E-state index contributed by atoms with van der Waals surface area (Å²) in [4.78, 5) is 8.83. The summed E-state index contributed by atoms with van der Waals surface area (Å²) in [6.07, 6.45) is 0. The number of aromatic hydroxyl groups is 1. The summed E-state index contributed by atoms with van der Waals surface area (Å²) >= 11 is 0. The topological polar surface area (TPSA) is 144 Å². The monoisotopic (exact) mass is 248 g/mol. The number of nitrogens with two attached hydrogens (primary N) is 1. The lowest BCUT2D eigenvalue weighted by Crippen LogP contribution is -2.07. The Balaban J connectivity index is 3.73. The SMILES string of the molecule is Cc1cc([N+](=O)[O-])c(O)c(N)c1S(=O)(=O)O. The van der Waals surface area contributed by atoms with E-state index in [4.69, 9.17) is 10.3 Å². The van der Waals surface area contributed by atoms with Crippen LogP contribution in [0.15, 0.2) is 11.0 Å². The van der Waals surface area contributed by atoms with Crippen molar-refractivity contribution in [2.75, 3.05) is 5.73 Å². The Morgan fingerprint density at radius 1 is 1.50 bits per heavy atom. The molecule has 0 aliphatic rings. The second-order valence-electron chi connectivity index (χ2n) is 3.04. The summed E-state index contributed by atoms with van der Waals surface area (Å²) < 4.78 is 30.6. The number of nitro groups is 1. The third-order valence-corrected chi connectivity index (χ3v) is 2.97. The van der Waals surface area contributed by atoms with Crippen LogP contribution < -0.4 is 5.73 Å². The number of phenolic OH excluding ortho intramolecular Hbond substituents is 1.